The molecule has 2 aliphatic heterocycles. The van der Waals surface area contributed by atoms with Gasteiger partial charge in [0.1, 0.15) is 12.0 Å². The number of rotatable bonds is 3. The van der Waals surface area contributed by atoms with Gasteiger partial charge >= 0.3 is 5.97 Å². The van der Waals surface area contributed by atoms with Crippen LogP contribution in [0.1, 0.15) is 6.42 Å². The summed E-state index contributed by atoms with van der Waals surface area (Å²) in [6.07, 6.45) is 2.58. The van der Waals surface area contributed by atoms with Crippen molar-refractivity contribution in [2.45, 2.75) is 18.6 Å². The summed E-state index contributed by atoms with van der Waals surface area (Å²) in [6, 6.07) is 0. The smallest absolute Gasteiger partial charge is 0.316 e. The predicted molar refractivity (Wildman–Crippen MR) is 60.6 cm³/mol. The molecular formula is C9H10ClIO3. The summed E-state index contributed by atoms with van der Waals surface area (Å²) in [4.78, 5) is 11.4. The van der Waals surface area contributed by atoms with Crippen molar-refractivity contribution in [2.24, 2.45) is 5.92 Å². The quantitative estimate of drug-likeness (QED) is 0.451. The first kappa shape index (κ1) is 10.7. The van der Waals surface area contributed by atoms with Gasteiger partial charge in [-0.2, -0.15) is 0 Å². The molecule has 1 saturated heterocycles. The molecule has 0 saturated carbocycles. The molecule has 2 heterocycles. The van der Waals surface area contributed by atoms with Crippen LogP contribution in [0.25, 0.3) is 0 Å². The summed E-state index contributed by atoms with van der Waals surface area (Å²) in [7, 11) is 0. The van der Waals surface area contributed by atoms with Gasteiger partial charge in [0.05, 0.1) is 12.7 Å². The molecule has 1 aliphatic carbocycles. The standard InChI is InChI=1S/C9H10ClIO3/c10-1-2-13-7-4-8-6(11)3-5(7)9(12)14-8/h3,5,7-8H,1-2,4H2/t5-,7+,8-/m0/s1. The van der Waals surface area contributed by atoms with E-state index in [1.54, 1.807) is 0 Å². The lowest BCUT2D eigenvalue weighted by Gasteiger charge is -2.38. The van der Waals surface area contributed by atoms with Gasteiger partial charge in [0.2, 0.25) is 0 Å². The van der Waals surface area contributed by atoms with Gasteiger partial charge in [-0.1, -0.05) is 6.08 Å². The highest BCUT2D eigenvalue weighted by Crippen LogP contribution is 2.37. The minimum absolute atomic E-state index is 0.0430. The molecule has 14 heavy (non-hydrogen) atoms. The fourth-order valence-corrected chi connectivity index (χ4v) is 2.62. The summed E-state index contributed by atoms with van der Waals surface area (Å²) in [5.41, 5.74) is 0. The number of esters is 1. The first-order valence-electron chi connectivity index (χ1n) is 4.47. The van der Waals surface area contributed by atoms with Gasteiger partial charge < -0.3 is 9.47 Å². The highest BCUT2D eigenvalue weighted by atomic mass is 127. The van der Waals surface area contributed by atoms with Crippen LogP contribution in [0.3, 0.4) is 0 Å². The highest BCUT2D eigenvalue weighted by molar-refractivity contribution is 14.1. The molecule has 0 N–H and O–H groups in total. The molecule has 1 fully saturated rings. The van der Waals surface area contributed by atoms with Gasteiger partial charge in [-0.3, -0.25) is 4.79 Å². The number of hydrogen-bond donors (Lipinski definition) is 0. The van der Waals surface area contributed by atoms with Gasteiger partial charge in [-0.15, -0.1) is 11.6 Å². The molecule has 0 radical (unpaired) electrons. The number of carbonyl (C=O) groups excluding carboxylic acids is 1. The number of hydrogen-bond acceptors (Lipinski definition) is 3. The van der Waals surface area contributed by atoms with Crippen molar-refractivity contribution < 1.29 is 14.3 Å². The molecule has 0 aromatic heterocycles. The summed E-state index contributed by atoms with van der Waals surface area (Å²) < 4.78 is 11.8. The first-order valence-corrected chi connectivity index (χ1v) is 6.09. The fraction of sp³-hybridized carbons (Fsp3) is 0.667. The molecule has 0 spiro atoms. The van der Waals surface area contributed by atoms with Gasteiger partial charge in [-0.25, -0.2) is 0 Å². The Labute approximate surface area is 101 Å². The Hall–Kier alpha value is 0.190. The molecule has 0 unspecified atom stereocenters. The molecule has 0 amide bonds. The van der Waals surface area contributed by atoms with E-state index >= 15 is 0 Å². The number of alkyl halides is 1. The normalized spacial score (nSPS) is 35.4. The van der Waals surface area contributed by atoms with Crippen molar-refractivity contribution in [3.63, 3.8) is 0 Å². The minimum atomic E-state index is -0.227. The van der Waals surface area contributed by atoms with Crippen molar-refractivity contribution in [3.05, 3.63) is 9.66 Å². The summed E-state index contributed by atoms with van der Waals surface area (Å²) >= 11 is 7.74. The first-order chi connectivity index (χ1) is 6.72. The van der Waals surface area contributed by atoms with E-state index < -0.39 is 0 Å². The Bertz CT molecular complexity index is 279. The van der Waals surface area contributed by atoms with Crippen LogP contribution < -0.4 is 0 Å². The topological polar surface area (TPSA) is 35.5 Å². The SMILES string of the molecule is O=C1O[C@H]2C[C@@H](OCCCl)[C@@H]1C=C2I. The molecule has 0 aromatic carbocycles. The van der Waals surface area contributed by atoms with E-state index in [9.17, 15) is 4.79 Å². The van der Waals surface area contributed by atoms with Crippen LogP contribution in [-0.2, 0) is 14.3 Å². The Balaban J connectivity index is 2.07. The Kier molecular flexibility index (Phi) is 3.34. The van der Waals surface area contributed by atoms with Gasteiger partial charge in [0.25, 0.3) is 0 Å². The van der Waals surface area contributed by atoms with E-state index in [-0.39, 0.29) is 24.1 Å². The summed E-state index contributed by atoms with van der Waals surface area (Å²) in [6.45, 7) is 0.493. The van der Waals surface area contributed by atoms with E-state index in [1.165, 1.54) is 0 Å². The fourth-order valence-electron chi connectivity index (χ4n) is 1.77. The third-order valence-corrected chi connectivity index (χ3v) is 3.64. The lowest BCUT2D eigenvalue weighted by atomic mass is 9.88. The van der Waals surface area contributed by atoms with E-state index in [4.69, 9.17) is 21.1 Å². The zero-order valence-corrected chi connectivity index (χ0v) is 10.3. The van der Waals surface area contributed by atoms with Crippen LogP contribution >= 0.6 is 34.2 Å². The monoisotopic (exact) mass is 328 g/mol. The Morgan fingerprint density at radius 3 is 3.14 bits per heavy atom. The predicted octanol–water partition coefficient (Wildman–Crippen LogP) is 1.87. The van der Waals surface area contributed by atoms with Crippen LogP contribution in [0.15, 0.2) is 9.66 Å². The molecule has 2 bridgehead atoms. The average molecular weight is 329 g/mol. The highest BCUT2D eigenvalue weighted by Gasteiger charge is 2.43. The van der Waals surface area contributed by atoms with Crippen molar-refractivity contribution in [2.75, 3.05) is 12.5 Å². The van der Waals surface area contributed by atoms with Crippen molar-refractivity contribution in [3.8, 4) is 0 Å². The second-order valence-electron chi connectivity index (χ2n) is 3.34. The number of ether oxygens (including phenoxy) is 2. The molecule has 3 aliphatic rings. The second kappa shape index (κ2) is 4.37. The van der Waals surface area contributed by atoms with E-state index in [0.29, 0.717) is 12.5 Å². The van der Waals surface area contributed by atoms with Gasteiger partial charge in [0.15, 0.2) is 0 Å². The molecule has 3 atom stereocenters. The Morgan fingerprint density at radius 1 is 1.71 bits per heavy atom. The lowest BCUT2D eigenvalue weighted by Crippen LogP contribution is -2.46. The van der Waals surface area contributed by atoms with E-state index in [2.05, 4.69) is 22.6 Å². The minimum Gasteiger partial charge on any atom is -0.456 e. The largest absolute Gasteiger partial charge is 0.456 e. The molecule has 5 heteroatoms. The lowest BCUT2D eigenvalue weighted by molar-refractivity contribution is -0.168. The molecular weight excluding hydrogens is 318 g/mol. The number of fused-ring (bicyclic) bond motifs is 2. The van der Waals surface area contributed by atoms with Crippen molar-refractivity contribution >= 4 is 40.2 Å². The molecule has 0 aromatic rings. The third kappa shape index (κ3) is 1.92. The molecule has 3 nitrogen and oxygen atoms in total. The van der Waals surface area contributed by atoms with Crippen LogP contribution in [0, 0.1) is 5.92 Å². The van der Waals surface area contributed by atoms with Crippen LogP contribution in [0.4, 0.5) is 0 Å². The molecule has 78 valence electrons. The average Bonchev–Trinajstić information content (AvgIpc) is 2.17. The summed E-state index contributed by atoms with van der Waals surface area (Å²) in [5, 5.41) is 0. The van der Waals surface area contributed by atoms with Gasteiger partial charge in [-0.05, 0) is 22.6 Å². The molecule has 3 rings (SSSR count). The maximum absolute atomic E-state index is 11.4. The van der Waals surface area contributed by atoms with Crippen LogP contribution in [0.5, 0.6) is 0 Å². The van der Waals surface area contributed by atoms with Crippen molar-refractivity contribution in [1.29, 1.82) is 0 Å². The number of halogens is 2. The second-order valence-corrected chi connectivity index (χ2v) is 4.96. The van der Waals surface area contributed by atoms with E-state index in [0.717, 1.165) is 10.0 Å². The van der Waals surface area contributed by atoms with Crippen LogP contribution in [-0.4, -0.2) is 30.7 Å². The van der Waals surface area contributed by atoms with E-state index in [1.807, 2.05) is 6.08 Å². The summed E-state index contributed by atoms with van der Waals surface area (Å²) in [5.74, 6) is 0.0698. The van der Waals surface area contributed by atoms with Gasteiger partial charge in [0, 0.05) is 15.9 Å². The van der Waals surface area contributed by atoms with Crippen LogP contribution in [0.2, 0.25) is 0 Å². The third-order valence-electron chi connectivity index (χ3n) is 2.43. The zero-order chi connectivity index (χ0) is 10.1. The Morgan fingerprint density at radius 2 is 2.50 bits per heavy atom. The van der Waals surface area contributed by atoms with Crippen molar-refractivity contribution in [1.82, 2.24) is 0 Å². The number of carbonyl (C=O) groups is 1. The maximum Gasteiger partial charge on any atom is 0.316 e. The zero-order valence-electron chi connectivity index (χ0n) is 7.41. The maximum atomic E-state index is 11.4.